The molecule has 1 N–H and O–H groups in total. The predicted octanol–water partition coefficient (Wildman–Crippen LogP) is 6.82. The van der Waals surface area contributed by atoms with Crippen LogP contribution < -0.4 is 5.09 Å². The summed E-state index contributed by atoms with van der Waals surface area (Å²) in [6, 6.07) is 24.2. The Morgan fingerprint density at radius 2 is 1.24 bits per heavy atom. The van der Waals surface area contributed by atoms with Crippen molar-refractivity contribution in [3.8, 4) is 0 Å². The summed E-state index contributed by atoms with van der Waals surface area (Å²) >= 11 is 0. The molecule has 0 atom stereocenters. The third kappa shape index (κ3) is 3.00. The highest BCUT2D eigenvalue weighted by Crippen LogP contribution is 2.40. The maximum atomic E-state index is 12.2. The molecule has 2 amide bonds. The highest BCUT2D eigenvalue weighted by Gasteiger charge is 2.14. The average molecular weight is 402 g/mol. The van der Waals surface area contributed by atoms with Gasteiger partial charge in [0.2, 0.25) is 0 Å². The van der Waals surface area contributed by atoms with E-state index >= 15 is 0 Å². The van der Waals surface area contributed by atoms with Crippen molar-refractivity contribution in [3.63, 3.8) is 0 Å². The summed E-state index contributed by atoms with van der Waals surface area (Å²) in [6.45, 7) is 0. The number of hydrogen-bond acceptors (Lipinski definition) is 3. The van der Waals surface area contributed by atoms with Crippen LogP contribution in [0.1, 0.15) is 0 Å². The van der Waals surface area contributed by atoms with Crippen LogP contribution in [0.25, 0.3) is 43.5 Å². The van der Waals surface area contributed by atoms with Gasteiger partial charge < -0.3 is 13.3 Å². The number of benzene rings is 4. The maximum absolute atomic E-state index is 12.2. The van der Waals surface area contributed by atoms with Crippen molar-refractivity contribution in [3.05, 3.63) is 72.8 Å². The van der Waals surface area contributed by atoms with E-state index in [0.29, 0.717) is 11.2 Å². The summed E-state index contributed by atoms with van der Waals surface area (Å²) < 4.78 is 12.4. The lowest BCUT2D eigenvalue weighted by atomic mass is 9.99. The fraction of sp³-hybridized carbons (Fsp3) is 0.0870. The van der Waals surface area contributed by atoms with Gasteiger partial charge in [-0.1, -0.05) is 60.7 Å². The lowest BCUT2D eigenvalue weighted by Gasteiger charge is -2.09. The van der Waals surface area contributed by atoms with E-state index in [9.17, 15) is 4.79 Å². The number of carbonyl (C=O) groups excluding carboxylic acids is 1. The SMILES string of the molecule is CN(C)C(=O)Np1oc2ccc3ccccc3c2c2c(ccc3ccccc32)o1. The first-order valence-corrected chi connectivity index (χ1v) is 10.5. The zero-order valence-electron chi connectivity index (χ0n) is 16.0. The van der Waals surface area contributed by atoms with Crippen LogP contribution in [0, 0.1) is 0 Å². The summed E-state index contributed by atoms with van der Waals surface area (Å²) in [6.07, 6.45) is 0. The third-order valence-electron chi connectivity index (χ3n) is 4.99. The number of fused-ring (bicyclic) bond motifs is 7. The zero-order valence-corrected chi connectivity index (χ0v) is 16.9. The van der Waals surface area contributed by atoms with Gasteiger partial charge in [0.05, 0.1) is 0 Å². The summed E-state index contributed by atoms with van der Waals surface area (Å²) in [7, 11) is 1.68. The Morgan fingerprint density at radius 1 is 0.759 bits per heavy atom. The van der Waals surface area contributed by atoms with Crippen molar-refractivity contribution < 1.29 is 13.2 Å². The van der Waals surface area contributed by atoms with Crippen molar-refractivity contribution in [2.75, 3.05) is 19.2 Å². The number of hydrogen-bond donors (Lipinski definition) is 1. The molecule has 144 valence electrons. The number of amides is 2. The number of urea groups is 1. The summed E-state index contributed by atoms with van der Waals surface area (Å²) in [4.78, 5) is 13.7. The molecule has 1 heterocycles. The predicted molar refractivity (Wildman–Crippen MR) is 120 cm³/mol. The molecule has 0 radical (unpaired) electrons. The van der Waals surface area contributed by atoms with Crippen LogP contribution in [0.15, 0.2) is 81.2 Å². The van der Waals surface area contributed by atoms with Gasteiger partial charge in [0.15, 0.2) is 0 Å². The minimum absolute atomic E-state index is 0.261. The minimum atomic E-state index is -1.70. The number of nitrogens with one attached hydrogen (secondary N) is 1. The third-order valence-corrected chi connectivity index (χ3v) is 6.09. The normalized spacial score (nSPS) is 11.2. The molecule has 0 aliphatic heterocycles. The van der Waals surface area contributed by atoms with Crippen LogP contribution in [0.2, 0.25) is 0 Å². The number of carbonyl (C=O) groups is 1. The smallest absolute Gasteiger partial charge is 0.342 e. The fourth-order valence-electron chi connectivity index (χ4n) is 3.59. The van der Waals surface area contributed by atoms with Gasteiger partial charge in [-0.15, -0.1) is 0 Å². The largest absolute Gasteiger partial charge is 0.404 e. The molecule has 0 spiro atoms. The van der Waals surface area contributed by atoms with Gasteiger partial charge in [0.1, 0.15) is 11.2 Å². The lowest BCUT2D eigenvalue weighted by Crippen LogP contribution is -2.25. The molecule has 0 aliphatic carbocycles. The van der Waals surface area contributed by atoms with Crippen molar-refractivity contribution in [2.45, 2.75) is 0 Å². The number of rotatable bonds is 1. The summed E-state index contributed by atoms with van der Waals surface area (Å²) in [5.74, 6) is 0. The molecule has 0 unspecified atom stereocenters. The molecule has 1 aromatic heterocycles. The molecule has 0 fully saturated rings. The molecule has 0 bridgehead atoms. The Morgan fingerprint density at radius 3 is 1.72 bits per heavy atom. The van der Waals surface area contributed by atoms with E-state index in [-0.39, 0.29) is 6.03 Å². The molecule has 0 saturated carbocycles. The van der Waals surface area contributed by atoms with Crippen molar-refractivity contribution in [1.29, 1.82) is 0 Å². The van der Waals surface area contributed by atoms with E-state index in [4.69, 9.17) is 8.39 Å². The minimum Gasteiger partial charge on any atom is -0.404 e. The van der Waals surface area contributed by atoms with Crippen LogP contribution >= 0.6 is 8.16 Å². The average Bonchev–Trinajstić information content (AvgIpc) is 2.90. The van der Waals surface area contributed by atoms with E-state index in [1.54, 1.807) is 14.1 Å². The van der Waals surface area contributed by atoms with Crippen LogP contribution in [-0.4, -0.2) is 25.0 Å². The van der Waals surface area contributed by atoms with Crippen LogP contribution in [0.5, 0.6) is 0 Å². The number of nitrogens with zero attached hydrogens (tertiary/aromatic N) is 1. The highest BCUT2D eigenvalue weighted by molar-refractivity contribution is 7.40. The van der Waals surface area contributed by atoms with Gasteiger partial charge in [0.25, 0.3) is 0 Å². The Labute approximate surface area is 168 Å². The topological polar surface area (TPSA) is 58.6 Å². The molecule has 0 saturated heterocycles. The van der Waals surface area contributed by atoms with Gasteiger partial charge >= 0.3 is 14.2 Å². The molecular formula is C23H19N2O3P. The second-order valence-corrected chi connectivity index (χ2v) is 8.17. The highest BCUT2D eigenvalue weighted by atomic mass is 31.1. The molecule has 5 nitrogen and oxygen atoms in total. The van der Waals surface area contributed by atoms with Crippen molar-refractivity contribution in [1.82, 2.24) is 4.90 Å². The molecule has 29 heavy (non-hydrogen) atoms. The van der Waals surface area contributed by atoms with Gasteiger partial charge in [0, 0.05) is 24.9 Å². The van der Waals surface area contributed by atoms with Crippen LogP contribution in [-0.2, 0) is 0 Å². The molecule has 5 aromatic rings. The van der Waals surface area contributed by atoms with Gasteiger partial charge in [-0.2, -0.15) is 0 Å². The van der Waals surface area contributed by atoms with E-state index < -0.39 is 8.16 Å². The van der Waals surface area contributed by atoms with Crippen LogP contribution in [0.4, 0.5) is 4.79 Å². The Bertz CT molecular complexity index is 1340. The first-order chi connectivity index (χ1) is 14.1. The fourth-order valence-corrected chi connectivity index (χ4v) is 4.74. The first-order valence-electron chi connectivity index (χ1n) is 9.30. The van der Waals surface area contributed by atoms with Crippen LogP contribution in [0.3, 0.4) is 0 Å². The Balaban J connectivity index is 2.01. The molecular weight excluding hydrogens is 383 g/mol. The van der Waals surface area contributed by atoms with Crippen molar-refractivity contribution in [2.24, 2.45) is 0 Å². The van der Waals surface area contributed by atoms with E-state index in [0.717, 1.165) is 32.3 Å². The second-order valence-electron chi connectivity index (χ2n) is 7.07. The quantitative estimate of drug-likeness (QED) is 0.335. The second kappa shape index (κ2) is 6.87. The van der Waals surface area contributed by atoms with Gasteiger partial charge in [-0.25, -0.2) is 9.88 Å². The summed E-state index contributed by atoms with van der Waals surface area (Å²) in [5.41, 5.74) is 1.40. The Hall–Kier alpha value is -3.43. The maximum Gasteiger partial charge on any atom is 0.342 e. The molecule has 5 rings (SSSR count). The van der Waals surface area contributed by atoms with E-state index in [2.05, 4.69) is 29.4 Å². The lowest BCUT2D eigenvalue weighted by molar-refractivity contribution is 0.231. The first kappa shape index (κ1) is 17.7. The van der Waals surface area contributed by atoms with Crippen molar-refractivity contribution >= 4 is 57.7 Å². The standard InChI is InChI=1S/C23H19N2O3P/c1-25(2)23(26)24-29-27-19-13-11-15-7-3-5-9-17(15)21(19)22-18-10-6-4-8-16(18)12-14-20(22)28-29/h3-14H,1-2H3,(H,24,26). The monoisotopic (exact) mass is 402 g/mol. The van der Waals surface area contributed by atoms with Gasteiger partial charge in [-0.3, -0.25) is 0 Å². The van der Waals surface area contributed by atoms with E-state index in [1.165, 1.54) is 4.90 Å². The molecule has 6 heteroatoms. The summed E-state index contributed by atoms with van der Waals surface area (Å²) in [5, 5.41) is 9.23. The zero-order chi connectivity index (χ0) is 20.0. The Kier molecular flexibility index (Phi) is 4.18. The molecule has 4 aromatic carbocycles. The molecule has 0 aliphatic rings. The van der Waals surface area contributed by atoms with E-state index in [1.807, 2.05) is 48.5 Å². The van der Waals surface area contributed by atoms with Gasteiger partial charge in [-0.05, 0) is 33.7 Å².